The minimum Gasteiger partial charge on any atom is -0.271 e. The van der Waals surface area contributed by atoms with Crippen LogP contribution in [0.25, 0.3) is 0 Å². The second-order valence-electron chi connectivity index (χ2n) is 6.17. The van der Waals surface area contributed by atoms with E-state index < -0.39 is 0 Å². The fourth-order valence-electron chi connectivity index (χ4n) is 2.42. The van der Waals surface area contributed by atoms with Crippen LogP contribution >= 0.6 is 15.9 Å². The van der Waals surface area contributed by atoms with E-state index >= 15 is 0 Å². The molecule has 0 amide bonds. The number of halogens is 1. The molecule has 0 bridgehead atoms. The van der Waals surface area contributed by atoms with Crippen molar-refractivity contribution in [3.63, 3.8) is 0 Å². The number of aryl methyl sites for hydroxylation is 1. The van der Waals surface area contributed by atoms with Crippen molar-refractivity contribution in [1.82, 2.24) is 15.2 Å². The number of benzene rings is 1. The predicted molar refractivity (Wildman–Crippen MR) is 89.9 cm³/mol. The second kappa shape index (κ2) is 6.30. The first-order valence-electron chi connectivity index (χ1n) is 7.16. The number of hydrogen-bond acceptors (Lipinski definition) is 3. The molecular weight excluding hydrogens is 328 g/mol. The van der Waals surface area contributed by atoms with E-state index in [0.29, 0.717) is 0 Å². The number of aromatic nitrogens is 2. The Balaban J connectivity index is 2.40. The summed E-state index contributed by atoms with van der Waals surface area (Å²) in [4.78, 5) is 0. The third-order valence-corrected chi connectivity index (χ3v) is 4.29. The van der Waals surface area contributed by atoms with Crippen molar-refractivity contribution in [2.45, 2.75) is 45.7 Å². The molecule has 0 aliphatic rings. The first kappa shape index (κ1) is 16.2. The topological polar surface area (TPSA) is 55.9 Å². The van der Waals surface area contributed by atoms with Gasteiger partial charge < -0.3 is 0 Å². The zero-order valence-corrected chi connectivity index (χ0v) is 14.6. The largest absolute Gasteiger partial charge is 0.271 e. The Labute approximate surface area is 134 Å². The van der Waals surface area contributed by atoms with Crippen LogP contribution in [0.2, 0.25) is 0 Å². The van der Waals surface area contributed by atoms with Crippen molar-refractivity contribution < 1.29 is 0 Å². The highest BCUT2D eigenvalue weighted by atomic mass is 79.9. The molecule has 2 rings (SSSR count). The maximum atomic E-state index is 5.80. The Morgan fingerprint density at radius 3 is 2.38 bits per heavy atom. The molecular formula is C16H23BrN4. The maximum Gasteiger partial charge on any atom is 0.0889 e. The summed E-state index contributed by atoms with van der Waals surface area (Å²) in [6, 6.07) is 8.51. The number of nitrogens with two attached hydrogens (primary N) is 1. The zero-order valence-electron chi connectivity index (χ0n) is 13.0. The van der Waals surface area contributed by atoms with E-state index in [9.17, 15) is 0 Å². The lowest BCUT2D eigenvalue weighted by atomic mass is 9.86. The molecule has 0 saturated carbocycles. The van der Waals surface area contributed by atoms with Crippen molar-refractivity contribution in [3.8, 4) is 0 Å². The smallest absolute Gasteiger partial charge is 0.0889 e. The minimum atomic E-state index is -0.0872. The second-order valence-corrected chi connectivity index (χ2v) is 7.02. The van der Waals surface area contributed by atoms with E-state index in [1.165, 1.54) is 5.56 Å². The van der Waals surface area contributed by atoms with Crippen molar-refractivity contribution in [2.75, 3.05) is 0 Å². The van der Waals surface area contributed by atoms with Crippen LogP contribution < -0.4 is 11.3 Å². The van der Waals surface area contributed by atoms with Crippen LogP contribution in [0.4, 0.5) is 0 Å². The summed E-state index contributed by atoms with van der Waals surface area (Å²) in [6.45, 7) is 9.51. The maximum absolute atomic E-state index is 5.80. The van der Waals surface area contributed by atoms with Gasteiger partial charge in [-0.25, -0.2) is 5.43 Å². The SMILES string of the molecule is CCn1ncc(Br)c1C(NN)c1ccc(C(C)(C)C)cc1. The molecule has 21 heavy (non-hydrogen) atoms. The average Bonchev–Trinajstić information content (AvgIpc) is 2.81. The summed E-state index contributed by atoms with van der Waals surface area (Å²) < 4.78 is 2.92. The highest BCUT2D eigenvalue weighted by Crippen LogP contribution is 2.30. The van der Waals surface area contributed by atoms with Gasteiger partial charge >= 0.3 is 0 Å². The van der Waals surface area contributed by atoms with Gasteiger partial charge in [0, 0.05) is 6.54 Å². The molecule has 0 saturated heterocycles. The molecule has 1 aromatic heterocycles. The number of hydrazine groups is 1. The van der Waals surface area contributed by atoms with Gasteiger partial charge in [-0.3, -0.25) is 10.5 Å². The van der Waals surface area contributed by atoms with Crippen LogP contribution in [0.15, 0.2) is 34.9 Å². The normalized spacial score (nSPS) is 13.4. The van der Waals surface area contributed by atoms with Gasteiger partial charge in [0.05, 0.1) is 22.4 Å². The molecule has 1 aromatic carbocycles. The highest BCUT2D eigenvalue weighted by molar-refractivity contribution is 9.10. The molecule has 0 aliphatic heterocycles. The summed E-state index contributed by atoms with van der Waals surface area (Å²) in [5.41, 5.74) is 6.53. The summed E-state index contributed by atoms with van der Waals surface area (Å²) in [5, 5.41) is 4.36. The molecule has 2 aromatic rings. The highest BCUT2D eigenvalue weighted by Gasteiger charge is 2.21. The van der Waals surface area contributed by atoms with E-state index in [-0.39, 0.29) is 11.5 Å². The summed E-state index contributed by atoms with van der Waals surface area (Å²) in [6.07, 6.45) is 1.81. The number of hydrogen-bond donors (Lipinski definition) is 2. The fraction of sp³-hybridized carbons (Fsp3) is 0.438. The molecule has 3 N–H and O–H groups in total. The molecule has 1 unspecified atom stereocenters. The first-order valence-corrected chi connectivity index (χ1v) is 7.95. The van der Waals surface area contributed by atoms with Gasteiger partial charge in [0.25, 0.3) is 0 Å². The lowest BCUT2D eigenvalue weighted by Crippen LogP contribution is -2.31. The standard InChI is InChI=1S/C16H23BrN4/c1-5-21-15(13(17)10-19-21)14(20-18)11-6-8-12(9-7-11)16(2,3)4/h6-10,14,20H,5,18H2,1-4H3. The van der Waals surface area contributed by atoms with Crippen molar-refractivity contribution in [1.29, 1.82) is 0 Å². The van der Waals surface area contributed by atoms with E-state index in [1.54, 1.807) is 0 Å². The van der Waals surface area contributed by atoms with Gasteiger partial charge in [-0.2, -0.15) is 5.10 Å². The minimum absolute atomic E-state index is 0.0872. The summed E-state index contributed by atoms with van der Waals surface area (Å²) in [7, 11) is 0. The van der Waals surface area contributed by atoms with Crippen LogP contribution in [0, 0.1) is 0 Å². The molecule has 5 heteroatoms. The zero-order chi connectivity index (χ0) is 15.6. The monoisotopic (exact) mass is 350 g/mol. The third-order valence-electron chi connectivity index (χ3n) is 3.68. The van der Waals surface area contributed by atoms with E-state index in [1.807, 2.05) is 10.9 Å². The lowest BCUT2D eigenvalue weighted by molar-refractivity contribution is 0.540. The molecule has 1 atom stereocenters. The van der Waals surface area contributed by atoms with Crippen LogP contribution in [0.3, 0.4) is 0 Å². The van der Waals surface area contributed by atoms with Gasteiger partial charge in [0.15, 0.2) is 0 Å². The number of nitrogens with one attached hydrogen (secondary N) is 1. The molecule has 0 spiro atoms. The Morgan fingerprint density at radius 2 is 1.90 bits per heavy atom. The summed E-state index contributed by atoms with van der Waals surface area (Å²) >= 11 is 3.56. The molecule has 0 radical (unpaired) electrons. The lowest BCUT2D eigenvalue weighted by Gasteiger charge is -2.22. The Hall–Kier alpha value is -1.17. The van der Waals surface area contributed by atoms with E-state index in [2.05, 4.69) is 78.4 Å². The van der Waals surface area contributed by atoms with Crippen LogP contribution in [-0.2, 0) is 12.0 Å². The van der Waals surface area contributed by atoms with Gasteiger partial charge in [0.2, 0.25) is 0 Å². The average molecular weight is 351 g/mol. The Morgan fingerprint density at radius 1 is 1.29 bits per heavy atom. The van der Waals surface area contributed by atoms with Gasteiger partial charge in [-0.15, -0.1) is 0 Å². The fourth-order valence-corrected chi connectivity index (χ4v) is 2.94. The van der Waals surface area contributed by atoms with E-state index in [4.69, 9.17) is 5.84 Å². The van der Waals surface area contributed by atoms with Crippen LogP contribution in [0.5, 0.6) is 0 Å². The Kier molecular flexibility index (Phi) is 4.86. The molecule has 0 aliphatic carbocycles. The molecule has 114 valence electrons. The van der Waals surface area contributed by atoms with Gasteiger partial charge in [-0.1, -0.05) is 45.0 Å². The molecule has 4 nitrogen and oxygen atoms in total. The number of nitrogens with zero attached hydrogens (tertiary/aromatic N) is 2. The van der Waals surface area contributed by atoms with Gasteiger partial charge in [0.1, 0.15) is 0 Å². The van der Waals surface area contributed by atoms with Crippen molar-refractivity contribution in [3.05, 3.63) is 51.8 Å². The van der Waals surface area contributed by atoms with Crippen molar-refractivity contribution in [2.24, 2.45) is 5.84 Å². The quantitative estimate of drug-likeness (QED) is 0.655. The third kappa shape index (κ3) is 3.36. The van der Waals surface area contributed by atoms with Crippen LogP contribution in [0.1, 0.15) is 50.6 Å². The molecule has 1 heterocycles. The predicted octanol–water partition coefficient (Wildman–Crippen LogP) is 3.52. The first-order chi connectivity index (χ1) is 9.88. The van der Waals surface area contributed by atoms with Gasteiger partial charge in [-0.05, 0) is 39.4 Å². The Bertz CT molecular complexity index is 596. The summed E-state index contributed by atoms with van der Waals surface area (Å²) in [5.74, 6) is 5.80. The van der Waals surface area contributed by atoms with Crippen molar-refractivity contribution >= 4 is 15.9 Å². The van der Waals surface area contributed by atoms with E-state index in [0.717, 1.165) is 22.3 Å². The van der Waals surface area contributed by atoms with Crippen LogP contribution in [-0.4, -0.2) is 9.78 Å². The molecule has 0 fully saturated rings. The number of rotatable bonds is 4.